The highest BCUT2D eigenvalue weighted by Crippen LogP contribution is 2.38. The maximum atomic E-state index is 13.0. The van der Waals surface area contributed by atoms with E-state index in [0.29, 0.717) is 26.1 Å². The maximum Gasteiger partial charge on any atom is 0.240 e. The molecule has 1 saturated heterocycles. The highest BCUT2D eigenvalue weighted by Gasteiger charge is 2.49. The molecule has 0 aliphatic carbocycles. The summed E-state index contributed by atoms with van der Waals surface area (Å²) in [5.74, 6) is 0.775. The van der Waals surface area contributed by atoms with Gasteiger partial charge in [-0.05, 0) is 48.6 Å². The Balaban J connectivity index is 1.64. The summed E-state index contributed by atoms with van der Waals surface area (Å²) in [4.78, 5) is 14.8. The summed E-state index contributed by atoms with van der Waals surface area (Å²) in [6.45, 7) is 6.11. The number of carbonyl (C=O) groups is 1. The molecule has 30 heavy (non-hydrogen) atoms. The van der Waals surface area contributed by atoms with E-state index >= 15 is 0 Å². The number of ether oxygens (including phenoxy) is 2. The summed E-state index contributed by atoms with van der Waals surface area (Å²) in [7, 11) is 1.64. The molecule has 0 aromatic heterocycles. The van der Waals surface area contributed by atoms with Crippen molar-refractivity contribution in [3.8, 4) is 5.75 Å². The number of benzene rings is 2. The Hall–Kier alpha value is -2.37. The molecule has 2 N–H and O–H groups in total. The second-order valence-electron chi connectivity index (χ2n) is 8.22. The zero-order valence-corrected chi connectivity index (χ0v) is 18.4. The minimum absolute atomic E-state index is 0.0211. The zero-order valence-electron chi connectivity index (χ0n) is 18.4. The van der Waals surface area contributed by atoms with Crippen LogP contribution >= 0.6 is 0 Å². The fourth-order valence-corrected chi connectivity index (χ4v) is 4.11. The lowest BCUT2D eigenvalue weighted by Gasteiger charge is -2.51. The first kappa shape index (κ1) is 22.3. The molecule has 0 bridgehead atoms. The van der Waals surface area contributed by atoms with Crippen molar-refractivity contribution < 1.29 is 14.3 Å². The second kappa shape index (κ2) is 10.1. The standard InChI is InChI=1S/C25H34N2O3/c1-4-5-8-15-30-25(22-10-7-6-9-19(22)2)17-27(18-25)24(28)23(26)16-20-11-13-21(29-3)14-12-20/h6-7,9-14,23H,4-5,8,15-18,26H2,1-3H3. The van der Waals surface area contributed by atoms with Crippen LogP contribution in [0.1, 0.15) is 42.9 Å². The van der Waals surface area contributed by atoms with Crippen LogP contribution in [0.15, 0.2) is 48.5 Å². The van der Waals surface area contributed by atoms with Gasteiger partial charge < -0.3 is 20.1 Å². The molecule has 1 atom stereocenters. The van der Waals surface area contributed by atoms with E-state index in [1.165, 1.54) is 11.1 Å². The van der Waals surface area contributed by atoms with E-state index < -0.39 is 11.6 Å². The summed E-state index contributed by atoms with van der Waals surface area (Å²) in [6.07, 6.45) is 3.86. The van der Waals surface area contributed by atoms with Crippen LogP contribution in [0.5, 0.6) is 5.75 Å². The minimum atomic E-state index is -0.562. The molecule has 1 aliphatic heterocycles. The molecule has 1 fully saturated rings. The second-order valence-corrected chi connectivity index (χ2v) is 8.22. The van der Waals surface area contributed by atoms with E-state index in [4.69, 9.17) is 15.2 Å². The number of aryl methyl sites for hydroxylation is 1. The van der Waals surface area contributed by atoms with Crippen LogP contribution in [-0.4, -0.2) is 43.7 Å². The Morgan fingerprint density at radius 1 is 1.13 bits per heavy atom. The zero-order chi connectivity index (χ0) is 21.6. The van der Waals surface area contributed by atoms with Crippen LogP contribution in [0.25, 0.3) is 0 Å². The van der Waals surface area contributed by atoms with Crippen LogP contribution in [0.3, 0.4) is 0 Å². The highest BCUT2D eigenvalue weighted by molar-refractivity contribution is 5.83. The van der Waals surface area contributed by atoms with Gasteiger partial charge >= 0.3 is 0 Å². The van der Waals surface area contributed by atoms with Crippen LogP contribution in [0.2, 0.25) is 0 Å². The van der Waals surface area contributed by atoms with Crippen LogP contribution < -0.4 is 10.5 Å². The number of carbonyl (C=O) groups excluding carboxylic acids is 1. The average molecular weight is 411 g/mol. The normalized spacial score (nSPS) is 16.1. The summed E-state index contributed by atoms with van der Waals surface area (Å²) in [5.41, 5.74) is 9.24. The number of nitrogens with two attached hydrogens (primary N) is 1. The van der Waals surface area contributed by atoms with E-state index in [1.807, 2.05) is 41.3 Å². The SMILES string of the molecule is CCCCCOC1(c2ccccc2C)CN(C(=O)C(N)Cc2ccc(OC)cc2)C1. The third-order valence-electron chi connectivity index (χ3n) is 5.90. The number of amides is 1. The van der Waals surface area contributed by atoms with Crippen molar-refractivity contribution in [2.45, 2.75) is 51.2 Å². The Kier molecular flexibility index (Phi) is 7.51. The average Bonchev–Trinajstić information content (AvgIpc) is 2.73. The quantitative estimate of drug-likeness (QED) is 0.605. The first-order valence-corrected chi connectivity index (χ1v) is 10.9. The number of likely N-dealkylation sites (tertiary alicyclic amines) is 1. The Morgan fingerprint density at radius 2 is 1.83 bits per heavy atom. The van der Waals surface area contributed by atoms with Crippen LogP contribution in [0, 0.1) is 6.92 Å². The lowest BCUT2D eigenvalue weighted by atomic mass is 9.82. The van der Waals surface area contributed by atoms with E-state index in [1.54, 1.807) is 7.11 Å². The van der Waals surface area contributed by atoms with Crippen molar-refractivity contribution in [3.05, 3.63) is 65.2 Å². The van der Waals surface area contributed by atoms with Crippen molar-refractivity contribution in [2.24, 2.45) is 5.73 Å². The number of rotatable bonds is 10. The van der Waals surface area contributed by atoms with Crippen molar-refractivity contribution in [2.75, 3.05) is 26.8 Å². The number of methoxy groups -OCH3 is 1. The van der Waals surface area contributed by atoms with Crippen molar-refractivity contribution in [1.29, 1.82) is 0 Å². The molecule has 0 spiro atoms. The molecule has 1 heterocycles. The lowest BCUT2D eigenvalue weighted by Crippen LogP contribution is -2.65. The Labute approximate surface area is 180 Å². The predicted octanol–water partition coefficient (Wildman–Crippen LogP) is 3.82. The van der Waals surface area contributed by atoms with Gasteiger partial charge in [0.05, 0.1) is 26.2 Å². The third-order valence-corrected chi connectivity index (χ3v) is 5.90. The largest absolute Gasteiger partial charge is 0.497 e. The molecule has 5 nitrogen and oxygen atoms in total. The molecule has 0 saturated carbocycles. The van der Waals surface area contributed by atoms with Gasteiger partial charge in [-0.1, -0.05) is 56.2 Å². The fraction of sp³-hybridized carbons (Fsp3) is 0.480. The smallest absolute Gasteiger partial charge is 0.240 e. The topological polar surface area (TPSA) is 64.8 Å². The minimum Gasteiger partial charge on any atom is -0.497 e. The van der Waals surface area contributed by atoms with Gasteiger partial charge in [0, 0.05) is 6.61 Å². The van der Waals surface area contributed by atoms with Gasteiger partial charge in [-0.15, -0.1) is 0 Å². The van der Waals surface area contributed by atoms with Crippen molar-refractivity contribution >= 4 is 5.91 Å². The molecular formula is C25H34N2O3. The van der Waals surface area contributed by atoms with Crippen LogP contribution in [-0.2, 0) is 21.6 Å². The molecule has 162 valence electrons. The number of hydrogen-bond donors (Lipinski definition) is 1. The summed E-state index contributed by atoms with van der Waals surface area (Å²) < 4.78 is 11.6. The first-order valence-electron chi connectivity index (χ1n) is 10.9. The molecule has 1 amide bonds. The van der Waals surface area contributed by atoms with Crippen LogP contribution in [0.4, 0.5) is 0 Å². The van der Waals surface area contributed by atoms with Gasteiger partial charge in [-0.25, -0.2) is 0 Å². The number of nitrogens with zero attached hydrogens (tertiary/aromatic N) is 1. The third kappa shape index (κ3) is 5.02. The number of unbranched alkanes of at least 4 members (excludes halogenated alkanes) is 2. The van der Waals surface area contributed by atoms with E-state index in [0.717, 1.165) is 30.6 Å². The molecule has 0 radical (unpaired) electrons. The van der Waals surface area contributed by atoms with Gasteiger partial charge in [0.15, 0.2) is 0 Å². The molecule has 1 unspecified atom stereocenters. The van der Waals surface area contributed by atoms with Gasteiger partial charge in [0.2, 0.25) is 5.91 Å². The van der Waals surface area contributed by atoms with E-state index in [2.05, 4.69) is 26.0 Å². The molecule has 2 aromatic rings. The molecule has 5 heteroatoms. The molecule has 1 aliphatic rings. The van der Waals surface area contributed by atoms with Crippen molar-refractivity contribution in [1.82, 2.24) is 4.90 Å². The molecule has 3 rings (SSSR count). The van der Waals surface area contributed by atoms with E-state index in [-0.39, 0.29) is 5.91 Å². The van der Waals surface area contributed by atoms with Gasteiger partial charge in [-0.2, -0.15) is 0 Å². The van der Waals surface area contributed by atoms with E-state index in [9.17, 15) is 4.79 Å². The lowest BCUT2D eigenvalue weighted by molar-refractivity contribution is -0.174. The van der Waals surface area contributed by atoms with Gasteiger partial charge in [-0.3, -0.25) is 4.79 Å². The van der Waals surface area contributed by atoms with Gasteiger partial charge in [0.25, 0.3) is 0 Å². The molecular weight excluding hydrogens is 376 g/mol. The maximum absolute atomic E-state index is 13.0. The summed E-state index contributed by atoms with van der Waals surface area (Å²) in [5, 5.41) is 0. The first-order chi connectivity index (χ1) is 14.5. The number of hydrogen-bond acceptors (Lipinski definition) is 4. The highest BCUT2D eigenvalue weighted by atomic mass is 16.5. The fourth-order valence-electron chi connectivity index (χ4n) is 4.11. The monoisotopic (exact) mass is 410 g/mol. The van der Waals surface area contributed by atoms with Crippen molar-refractivity contribution in [3.63, 3.8) is 0 Å². The van der Waals surface area contributed by atoms with Gasteiger partial charge in [0.1, 0.15) is 11.4 Å². The summed E-state index contributed by atoms with van der Waals surface area (Å²) in [6, 6.07) is 15.4. The summed E-state index contributed by atoms with van der Waals surface area (Å²) >= 11 is 0. The predicted molar refractivity (Wildman–Crippen MR) is 120 cm³/mol. The Morgan fingerprint density at radius 3 is 2.47 bits per heavy atom. The molecule has 2 aromatic carbocycles. The Bertz CT molecular complexity index is 829.